The summed E-state index contributed by atoms with van der Waals surface area (Å²) in [6.45, 7) is 5.75. The summed E-state index contributed by atoms with van der Waals surface area (Å²) in [5.41, 5.74) is 0. The second kappa shape index (κ2) is 17.3. The van der Waals surface area contributed by atoms with E-state index in [1.807, 2.05) is 0 Å². The minimum atomic E-state index is 0.301. The quantitative estimate of drug-likeness (QED) is 0.323. The van der Waals surface area contributed by atoms with E-state index in [0.29, 0.717) is 6.61 Å². The summed E-state index contributed by atoms with van der Waals surface area (Å²) in [7, 11) is 0. The number of aliphatic hydroxyl groups is 1. The topological polar surface area (TPSA) is 23.5 Å². The van der Waals surface area contributed by atoms with E-state index >= 15 is 0 Å². The lowest BCUT2D eigenvalue weighted by molar-refractivity contribution is 0.190. The van der Waals surface area contributed by atoms with Crippen LogP contribution in [0.3, 0.4) is 0 Å². The SMILES string of the molecule is CCCCCCCCN(CCO)CCCCCCCS. The molecule has 0 radical (unpaired) electrons. The van der Waals surface area contributed by atoms with Gasteiger partial charge in [-0.3, -0.25) is 0 Å². The molecule has 3 heteroatoms. The molecule has 0 aromatic carbocycles. The molecule has 0 rings (SSSR count). The largest absolute Gasteiger partial charge is 0.395 e. The summed E-state index contributed by atoms with van der Waals surface area (Å²) >= 11 is 4.24. The Balaban J connectivity index is 3.45. The van der Waals surface area contributed by atoms with Crippen LogP contribution in [0.2, 0.25) is 0 Å². The minimum absolute atomic E-state index is 0.301. The summed E-state index contributed by atoms with van der Waals surface area (Å²) in [6, 6.07) is 0. The van der Waals surface area contributed by atoms with Gasteiger partial charge in [-0.15, -0.1) is 0 Å². The monoisotopic (exact) mass is 303 g/mol. The molecule has 20 heavy (non-hydrogen) atoms. The van der Waals surface area contributed by atoms with Crippen molar-refractivity contribution in [2.75, 3.05) is 32.0 Å². The van der Waals surface area contributed by atoms with Crippen LogP contribution in [0.5, 0.6) is 0 Å². The summed E-state index contributed by atoms with van der Waals surface area (Å²) in [5, 5.41) is 9.13. The van der Waals surface area contributed by atoms with Gasteiger partial charge in [-0.2, -0.15) is 12.6 Å². The fourth-order valence-electron chi connectivity index (χ4n) is 2.57. The van der Waals surface area contributed by atoms with Crippen molar-refractivity contribution < 1.29 is 5.11 Å². The first-order valence-electron chi connectivity index (χ1n) is 8.79. The van der Waals surface area contributed by atoms with E-state index in [1.54, 1.807) is 0 Å². The van der Waals surface area contributed by atoms with Gasteiger partial charge in [0.25, 0.3) is 0 Å². The smallest absolute Gasteiger partial charge is 0.0558 e. The number of rotatable bonds is 16. The van der Waals surface area contributed by atoms with Crippen LogP contribution in [0.4, 0.5) is 0 Å². The molecule has 0 atom stereocenters. The molecule has 0 spiro atoms. The zero-order valence-electron chi connectivity index (χ0n) is 13.7. The van der Waals surface area contributed by atoms with Crippen molar-refractivity contribution in [1.29, 1.82) is 0 Å². The van der Waals surface area contributed by atoms with Crippen LogP contribution < -0.4 is 0 Å². The van der Waals surface area contributed by atoms with Gasteiger partial charge >= 0.3 is 0 Å². The van der Waals surface area contributed by atoms with Gasteiger partial charge in [-0.05, 0) is 38.1 Å². The van der Waals surface area contributed by atoms with E-state index in [9.17, 15) is 0 Å². The number of hydrogen-bond acceptors (Lipinski definition) is 3. The standard InChI is InChI=1S/C17H37NOS/c1-2-3-4-5-7-10-13-18(15-16-19)14-11-8-6-9-12-17-20/h19-20H,2-17H2,1H3. The Kier molecular flexibility index (Phi) is 17.6. The first-order valence-corrected chi connectivity index (χ1v) is 9.42. The molecule has 0 aliphatic carbocycles. The molecule has 2 nitrogen and oxygen atoms in total. The number of thiol groups is 1. The molecule has 0 aromatic rings. The third-order valence-electron chi connectivity index (χ3n) is 3.88. The molecule has 122 valence electrons. The highest BCUT2D eigenvalue weighted by atomic mass is 32.1. The van der Waals surface area contributed by atoms with Gasteiger partial charge in [0, 0.05) is 6.54 Å². The molecule has 0 heterocycles. The molecule has 0 saturated heterocycles. The minimum Gasteiger partial charge on any atom is -0.395 e. The van der Waals surface area contributed by atoms with Crippen molar-refractivity contribution in [3.05, 3.63) is 0 Å². The fraction of sp³-hybridized carbons (Fsp3) is 1.00. The summed E-state index contributed by atoms with van der Waals surface area (Å²) < 4.78 is 0. The normalized spacial score (nSPS) is 11.4. The molecule has 0 unspecified atom stereocenters. The van der Waals surface area contributed by atoms with E-state index in [0.717, 1.165) is 18.8 Å². The molecule has 0 fully saturated rings. The van der Waals surface area contributed by atoms with Crippen LogP contribution in [-0.2, 0) is 0 Å². The van der Waals surface area contributed by atoms with Crippen molar-refractivity contribution in [3.8, 4) is 0 Å². The lowest BCUT2D eigenvalue weighted by Crippen LogP contribution is -2.29. The molecule has 0 aliphatic rings. The Labute approximate surface area is 132 Å². The zero-order valence-corrected chi connectivity index (χ0v) is 14.5. The van der Waals surface area contributed by atoms with Crippen LogP contribution >= 0.6 is 12.6 Å². The predicted octanol–water partition coefficient (Wildman–Crippen LogP) is 4.52. The van der Waals surface area contributed by atoms with E-state index in [4.69, 9.17) is 5.11 Å². The van der Waals surface area contributed by atoms with Crippen molar-refractivity contribution in [2.24, 2.45) is 0 Å². The van der Waals surface area contributed by atoms with Crippen LogP contribution in [-0.4, -0.2) is 42.0 Å². The van der Waals surface area contributed by atoms with E-state index < -0.39 is 0 Å². The van der Waals surface area contributed by atoms with Crippen LogP contribution in [0, 0.1) is 0 Å². The van der Waals surface area contributed by atoms with Crippen LogP contribution in [0.15, 0.2) is 0 Å². The van der Waals surface area contributed by atoms with Gasteiger partial charge in [0.05, 0.1) is 6.61 Å². The Morgan fingerprint density at radius 1 is 0.700 bits per heavy atom. The molecule has 0 aromatic heterocycles. The molecule has 0 saturated carbocycles. The maximum atomic E-state index is 9.13. The van der Waals surface area contributed by atoms with Crippen molar-refractivity contribution >= 4 is 12.6 Å². The average Bonchev–Trinajstić information content (AvgIpc) is 2.46. The fourth-order valence-corrected chi connectivity index (χ4v) is 2.79. The third kappa shape index (κ3) is 14.7. The van der Waals surface area contributed by atoms with Crippen molar-refractivity contribution in [3.63, 3.8) is 0 Å². The number of unbranched alkanes of at least 4 members (excludes halogenated alkanes) is 9. The average molecular weight is 304 g/mol. The van der Waals surface area contributed by atoms with E-state index in [-0.39, 0.29) is 0 Å². The first-order chi connectivity index (χ1) is 9.85. The van der Waals surface area contributed by atoms with Gasteiger partial charge in [0.2, 0.25) is 0 Å². The molecular weight excluding hydrogens is 266 g/mol. The van der Waals surface area contributed by atoms with Crippen molar-refractivity contribution in [1.82, 2.24) is 4.90 Å². The van der Waals surface area contributed by atoms with Gasteiger partial charge in [-0.1, -0.05) is 58.3 Å². The second-order valence-electron chi connectivity index (χ2n) is 5.82. The molecule has 0 amide bonds. The Hall–Kier alpha value is 0.270. The second-order valence-corrected chi connectivity index (χ2v) is 6.27. The Bertz CT molecular complexity index is 162. The summed E-state index contributed by atoms with van der Waals surface area (Å²) in [6.07, 6.45) is 14.6. The number of nitrogens with zero attached hydrogens (tertiary/aromatic N) is 1. The van der Waals surface area contributed by atoms with Gasteiger partial charge in [0.15, 0.2) is 0 Å². The Morgan fingerprint density at radius 2 is 1.20 bits per heavy atom. The van der Waals surface area contributed by atoms with E-state index in [2.05, 4.69) is 24.5 Å². The molecular formula is C17H37NOS. The lowest BCUT2D eigenvalue weighted by Gasteiger charge is -2.21. The van der Waals surface area contributed by atoms with Gasteiger partial charge in [-0.25, -0.2) is 0 Å². The maximum Gasteiger partial charge on any atom is 0.0558 e. The maximum absolute atomic E-state index is 9.13. The van der Waals surface area contributed by atoms with Gasteiger partial charge < -0.3 is 10.0 Å². The van der Waals surface area contributed by atoms with Gasteiger partial charge in [0.1, 0.15) is 0 Å². The highest BCUT2D eigenvalue weighted by Gasteiger charge is 2.03. The Morgan fingerprint density at radius 3 is 1.70 bits per heavy atom. The zero-order chi connectivity index (χ0) is 14.9. The molecule has 1 N–H and O–H groups in total. The summed E-state index contributed by atoms with van der Waals surface area (Å²) in [4.78, 5) is 2.44. The first kappa shape index (κ1) is 20.3. The highest BCUT2D eigenvalue weighted by Crippen LogP contribution is 2.08. The lowest BCUT2D eigenvalue weighted by atomic mass is 10.1. The molecule has 0 aliphatic heterocycles. The molecule has 0 bridgehead atoms. The van der Waals surface area contributed by atoms with Crippen molar-refractivity contribution in [2.45, 2.75) is 77.6 Å². The summed E-state index contributed by atoms with van der Waals surface area (Å²) in [5.74, 6) is 1.02. The van der Waals surface area contributed by atoms with Crippen LogP contribution in [0.1, 0.15) is 77.6 Å². The van der Waals surface area contributed by atoms with Crippen LogP contribution in [0.25, 0.3) is 0 Å². The third-order valence-corrected chi connectivity index (χ3v) is 4.19. The number of aliphatic hydroxyl groups excluding tert-OH is 1. The van der Waals surface area contributed by atoms with E-state index in [1.165, 1.54) is 77.2 Å². The predicted molar refractivity (Wildman–Crippen MR) is 93.8 cm³/mol. The highest BCUT2D eigenvalue weighted by molar-refractivity contribution is 7.80. The number of hydrogen-bond donors (Lipinski definition) is 2.